The molecule has 1 fully saturated rings. The van der Waals surface area contributed by atoms with E-state index < -0.39 is 0 Å². The maximum Gasteiger partial charge on any atom is 0.244 e. The molecular weight excluding hydrogens is 468 g/mol. The van der Waals surface area contributed by atoms with Gasteiger partial charge in [0.05, 0.1) is 24.2 Å². The van der Waals surface area contributed by atoms with Crippen molar-refractivity contribution in [2.45, 2.75) is 50.9 Å². The highest BCUT2D eigenvalue weighted by Crippen LogP contribution is 2.51. The van der Waals surface area contributed by atoms with Crippen molar-refractivity contribution in [3.05, 3.63) is 108 Å². The van der Waals surface area contributed by atoms with Crippen molar-refractivity contribution in [2.24, 2.45) is 11.0 Å². The standard InChI is InChI=1S/C33H32N4O/c1-3-5-15-26-31-27-17-22-12-7-6-11-21(22)16-25(27)20-34-36(31)32-29-19-24-14-9-8-13-23(24)18-28(29)30(10-4-2)35-37(32)33(26)38/h4,6-9,11-14,16-20,26,30-32,35H,2-3,5,10,15H2,1H3/t26-,30-,31+,32-/m0/s1. The lowest BCUT2D eigenvalue weighted by molar-refractivity contribution is -0.172. The first-order valence-electron chi connectivity index (χ1n) is 13.8. The average Bonchev–Trinajstić information content (AvgIpc) is 2.95. The number of hydrazone groups is 1. The number of carbonyl (C=O) groups excluding carboxylic acids is 1. The van der Waals surface area contributed by atoms with Crippen LogP contribution < -0.4 is 5.43 Å². The molecule has 7 rings (SSSR count). The number of carbonyl (C=O) groups is 1. The number of amides is 1. The van der Waals surface area contributed by atoms with Crippen LogP contribution in [0.4, 0.5) is 0 Å². The Morgan fingerprint density at radius 1 is 0.921 bits per heavy atom. The monoisotopic (exact) mass is 500 g/mol. The van der Waals surface area contributed by atoms with Gasteiger partial charge in [-0.15, -0.1) is 6.58 Å². The Bertz CT molecular complexity index is 1610. The van der Waals surface area contributed by atoms with Gasteiger partial charge in [-0.2, -0.15) is 5.10 Å². The van der Waals surface area contributed by atoms with E-state index in [1.807, 2.05) is 17.3 Å². The summed E-state index contributed by atoms with van der Waals surface area (Å²) >= 11 is 0. The molecule has 190 valence electrons. The highest BCUT2D eigenvalue weighted by molar-refractivity contribution is 5.94. The summed E-state index contributed by atoms with van der Waals surface area (Å²) in [4.78, 5) is 14.4. The zero-order valence-electron chi connectivity index (χ0n) is 21.7. The van der Waals surface area contributed by atoms with Gasteiger partial charge in [-0.1, -0.05) is 74.4 Å². The van der Waals surface area contributed by atoms with Crippen LogP contribution in [0, 0.1) is 5.92 Å². The second-order valence-corrected chi connectivity index (χ2v) is 10.8. The van der Waals surface area contributed by atoms with Crippen molar-refractivity contribution in [1.29, 1.82) is 0 Å². The molecule has 4 aromatic rings. The SMILES string of the molecule is C=CC[C@@H]1NN2C(=O)[C@@H](CCCC)[C@@H]3c4cc5ccccc5cc4C=NN3[C@@H]2c2cc3ccccc3cc21. The van der Waals surface area contributed by atoms with E-state index >= 15 is 0 Å². The van der Waals surface area contributed by atoms with E-state index in [0.717, 1.165) is 36.8 Å². The predicted molar refractivity (Wildman–Crippen MR) is 153 cm³/mol. The van der Waals surface area contributed by atoms with Crippen molar-refractivity contribution < 1.29 is 4.79 Å². The second kappa shape index (κ2) is 9.10. The third-order valence-corrected chi connectivity index (χ3v) is 8.49. The Morgan fingerprint density at radius 3 is 2.21 bits per heavy atom. The van der Waals surface area contributed by atoms with E-state index in [2.05, 4.69) is 96.7 Å². The number of unbranched alkanes of at least 4 members (excludes halogenated alkanes) is 1. The molecule has 3 aliphatic heterocycles. The molecule has 0 radical (unpaired) electrons. The smallest absolute Gasteiger partial charge is 0.244 e. The molecule has 5 heteroatoms. The number of nitrogens with zero attached hydrogens (tertiary/aromatic N) is 3. The van der Waals surface area contributed by atoms with Crippen molar-refractivity contribution >= 4 is 33.7 Å². The minimum Gasteiger partial charge on any atom is -0.273 e. The third-order valence-electron chi connectivity index (χ3n) is 8.49. The molecule has 4 aromatic carbocycles. The maximum absolute atomic E-state index is 14.4. The molecule has 4 atom stereocenters. The van der Waals surface area contributed by atoms with Crippen molar-refractivity contribution in [1.82, 2.24) is 15.4 Å². The van der Waals surface area contributed by atoms with E-state index in [9.17, 15) is 4.79 Å². The topological polar surface area (TPSA) is 47.9 Å². The van der Waals surface area contributed by atoms with Gasteiger partial charge in [0.25, 0.3) is 0 Å². The lowest BCUT2D eigenvalue weighted by Crippen LogP contribution is -2.62. The quantitative estimate of drug-likeness (QED) is 0.296. The number of fused-ring (bicyclic) bond motifs is 9. The minimum atomic E-state index is -0.318. The number of hydrogen-bond acceptors (Lipinski definition) is 4. The van der Waals surface area contributed by atoms with Crippen molar-refractivity contribution in [3.8, 4) is 0 Å². The molecule has 0 spiro atoms. The average molecular weight is 501 g/mol. The summed E-state index contributed by atoms with van der Waals surface area (Å²) in [5.74, 6) is -0.0174. The van der Waals surface area contributed by atoms with Crippen LogP contribution in [0.2, 0.25) is 0 Å². The van der Waals surface area contributed by atoms with Gasteiger partial charge in [0, 0.05) is 11.1 Å². The van der Waals surface area contributed by atoms with Crippen LogP contribution in [0.3, 0.4) is 0 Å². The number of hydrogen-bond donors (Lipinski definition) is 1. The fourth-order valence-electron chi connectivity index (χ4n) is 6.66. The van der Waals surface area contributed by atoms with Crippen LogP contribution in [-0.2, 0) is 4.79 Å². The molecule has 1 saturated heterocycles. The molecule has 3 heterocycles. The molecule has 0 aromatic heterocycles. The van der Waals surface area contributed by atoms with Crippen LogP contribution in [0.5, 0.6) is 0 Å². The molecule has 1 N–H and O–H groups in total. The Kier molecular flexibility index (Phi) is 5.55. The molecule has 0 aliphatic carbocycles. The fraction of sp³-hybridized carbons (Fsp3) is 0.273. The summed E-state index contributed by atoms with van der Waals surface area (Å²) < 4.78 is 0. The van der Waals surface area contributed by atoms with E-state index in [0.29, 0.717) is 0 Å². The number of rotatable bonds is 5. The zero-order chi connectivity index (χ0) is 25.8. The van der Waals surface area contributed by atoms with Gasteiger partial charge in [0.1, 0.15) is 0 Å². The number of nitrogens with one attached hydrogen (secondary N) is 1. The summed E-state index contributed by atoms with van der Waals surface area (Å²) in [7, 11) is 0. The summed E-state index contributed by atoms with van der Waals surface area (Å²) in [6.45, 7) is 6.20. The van der Waals surface area contributed by atoms with Gasteiger partial charge in [-0.3, -0.25) is 9.80 Å². The summed E-state index contributed by atoms with van der Waals surface area (Å²) in [6, 6.07) is 25.8. The van der Waals surface area contributed by atoms with Gasteiger partial charge in [0.2, 0.25) is 5.91 Å². The lowest BCUT2D eigenvalue weighted by Gasteiger charge is -2.54. The minimum absolute atomic E-state index is 0.0133. The predicted octanol–water partition coefficient (Wildman–Crippen LogP) is 7.17. The van der Waals surface area contributed by atoms with Gasteiger partial charge < -0.3 is 0 Å². The largest absolute Gasteiger partial charge is 0.273 e. The number of benzene rings is 4. The van der Waals surface area contributed by atoms with Crippen LogP contribution in [0.1, 0.15) is 73.1 Å². The Hall–Kier alpha value is -3.96. The number of hydrazine groups is 1. The van der Waals surface area contributed by atoms with Crippen LogP contribution in [0.15, 0.2) is 90.6 Å². The van der Waals surface area contributed by atoms with Gasteiger partial charge in [-0.25, -0.2) is 10.4 Å². The Labute approximate surface area is 223 Å². The van der Waals surface area contributed by atoms with E-state index in [1.54, 1.807) is 0 Å². The van der Waals surface area contributed by atoms with Crippen LogP contribution in [0.25, 0.3) is 21.5 Å². The van der Waals surface area contributed by atoms with Crippen LogP contribution in [-0.4, -0.2) is 22.1 Å². The van der Waals surface area contributed by atoms with E-state index in [1.165, 1.54) is 32.7 Å². The third kappa shape index (κ3) is 3.49. The first-order chi connectivity index (χ1) is 18.7. The molecule has 3 aliphatic rings. The summed E-state index contributed by atoms with van der Waals surface area (Å²) in [5, 5.41) is 13.9. The van der Waals surface area contributed by atoms with Crippen LogP contribution >= 0.6 is 0 Å². The summed E-state index contributed by atoms with van der Waals surface area (Å²) in [5.41, 5.74) is 8.28. The highest BCUT2D eigenvalue weighted by Gasteiger charge is 2.52. The van der Waals surface area contributed by atoms with Gasteiger partial charge >= 0.3 is 0 Å². The van der Waals surface area contributed by atoms with Crippen molar-refractivity contribution in [2.75, 3.05) is 0 Å². The maximum atomic E-state index is 14.4. The molecule has 38 heavy (non-hydrogen) atoms. The van der Waals surface area contributed by atoms with Crippen molar-refractivity contribution in [3.63, 3.8) is 0 Å². The molecule has 5 nitrogen and oxygen atoms in total. The Balaban J connectivity index is 1.43. The zero-order valence-corrected chi connectivity index (χ0v) is 21.7. The molecule has 1 amide bonds. The highest BCUT2D eigenvalue weighted by atomic mass is 16.2. The molecule has 0 saturated carbocycles. The van der Waals surface area contributed by atoms with Gasteiger partial charge in [-0.05, 0) is 69.8 Å². The normalized spacial score (nSPS) is 23.7. The van der Waals surface area contributed by atoms with Gasteiger partial charge in [0.15, 0.2) is 6.17 Å². The van der Waals surface area contributed by atoms with E-state index in [4.69, 9.17) is 5.10 Å². The summed E-state index contributed by atoms with van der Waals surface area (Å²) in [6.07, 6.45) is 7.23. The molecular formula is C33H32N4O. The first-order valence-corrected chi connectivity index (χ1v) is 13.8. The lowest BCUT2D eigenvalue weighted by atomic mass is 9.80. The molecule has 0 bridgehead atoms. The van der Waals surface area contributed by atoms with E-state index in [-0.39, 0.29) is 30.1 Å². The first kappa shape index (κ1) is 23.2. The Morgan fingerprint density at radius 2 is 1.55 bits per heavy atom. The fourth-order valence-corrected chi connectivity index (χ4v) is 6.66. The second-order valence-electron chi connectivity index (χ2n) is 10.8. The molecule has 0 unspecified atom stereocenters.